The molecule has 3 heteroatoms. The molecule has 2 atom stereocenters. The fourth-order valence-electron chi connectivity index (χ4n) is 0.551. The van der Waals surface area contributed by atoms with E-state index in [1.54, 1.807) is 0 Å². The van der Waals surface area contributed by atoms with Gasteiger partial charge in [0, 0.05) is 0 Å². The summed E-state index contributed by atoms with van der Waals surface area (Å²) >= 11 is 5.17. The molecule has 0 fully saturated rings. The molecule has 0 aromatic rings. The third-order valence-electron chi connectivity index (χ3n) is 1.17. The van der Waals surface area contributed by atoms with E-state index >= 15 is 0 Å². The molecule has 2 unspecified atom stereocenters. The van der Waals surface area contributed by atoms with Gasteiger partial charge in [0.25, 0.3) is 0 Å². The van der Waals surface area contributed by atoms with Crippen LogP contribution in [-0.4, -0.2) is 21.9 Å². The quantitative estimate of drug-likeness (QED) is 0.593. The van der Waals surface area contributed by atoms with Crippen molar-refractivity contribution in [1.82, 2.24) is 0 Å². The van der Waals surface area contributed by atoms with Crippen LogP contribution in [0.4, 0.5) is 0 Å². The van der Waals surface area contributed by atoms with Crippen molar-refractivity contribution in [2.75, 3.05) is 0 Å². The molecule has 0 spiro atoms. The summed E-state index contributed by atoms with van der Waals surface area (Å²) in [6.07, 6.45) is 1.75. The maximum Gasteiger partial charge on any atom is 0.153 e. The first-order chi connectivity index (χ1) is 4.18. The monoisotopic (exact) mass is 152 g/mol. The third-order valence-corrected chi connectivity index (χ3v) is 1.46. The fraction of sp³-hybridized carbons (Fsp3) is 1.00. The van der Waals surface area contributed by atoms with Crippen LogP contribution in [0.5, 0.6) is 0 Å². The van der Waals surface area contributed by atoms with E-state index in [2.05, 4.69) is 0 Å². The van der Waals surface area contributed by atoms with E-state index in [9.17, 15) is 0 Å². The van der Waals surface area contributed by atoms with Crippen molar-refractivity contribution in [1.29, 1.82) is 0 Å². The Morgan fingerprint density at radius 1 is 1.44 bits per heavy atom. The molecule has 2 N–H and O–H groups in total. The van der Waals surface area contributed by atoms with Gasteiger partial charge in [0.05, 0.1) is 6.10 Å². The molecule has 0 radical (unpaired) electrons. The summed E-state index contributed by atoms with van der Waals surface area (Å²) < 4.78 is 0. The van der Waals surface area contributed by atoms with Gasteiger partial charge in [-0.1, -0.05) is 31.4 Å². The van der Waals surface area contributed by atoms with Gasteiger partial charge < -0.3 is 10.2 Å². The molecule has 9 heavy (non-hydrogen) atoms. The third kappa shape index (κ3) is 4.70. The summed E-state index contributed by atoms with van der Waals surface area (Å²) in [6, 6.07) is 0. The van der Waals surface area contributed by atoms with Crippen molar-refractivity contribution in [3.8, 4) is 0 Å². The van der Waals surface area contributed by atoms with Crippen LogP contribution in [0.15, 0.2) is 0 Å². The Balaban J connectivity index is 3.16. The lowest BCUT2D eigenvalue weighted by molar-refractivity contribution is 0.0611. The zero-order valence-corrected chi connectivity index (χ0v) is 6.30. The molecule has 0 amide bonds. The molecule has 0 bridgehead atoms. The maximum atomic E-state index is 8.88. The molecule has 0 saturated heterocycles. The van der Waals surface area contributed by atoms with Gasteiger partial charge in [0.2, 0.25) is 0 Å². The maximum absolute atomic E-state index is 8.88. The van der Waals surface area contributed by atoms with Gasteiger partial charge in [-0.25, -0.2) is 0 Å². The van der Waals surface area contributed by atoms with Gasteiger partial charge >= 0.3 is 0 Å². The molecule has 0 saturated carbocycles. The number of alkyl halides is 1. The van der Waals surface area contributed by atoms with Gasteiger partial charge in [-0.05, 0) is 6.42 Å². The first-order valence-corrected chi connectivity index (χ1v) is 3.62. The van der Waals surface area contributed by atoms with E-state index in [0.717, 1.165) is 12.8 Å². The minimum atomic E-state index is -1.10. The first kappa shape index (κ1) is 9.21. The van der Waals surface area contributed by atoms with E-state index in [-0.39, 0.29) is 0 Å². The lowest BCUT2D eigenvalue weighted by atomic mass is 10.2. The summed E-state index contributed by atoms with van der Waals surface area (Å²) in [5, 5.41) is 17.4. The fourth-order valence-corrected chi connectivity index (χ4v) is 0.677. The Morgan fingerprint density at radius 2 is 2.00 bits per heavy atom. The summed E-state index contributed by atoms with van der Waals surface area (Å²) in [4.78, 5) is 0. The minimum Gasteiger partial charge on any atom is -0.389 e. The standard InChI is InChI=1S/C6H13ClO2/c1-2-3-4-5(8)6(7)9/h5-6,8-9H,2-4H2,1H3. The molecule has 56 valence electrons. The van der Waals surface area contributed by atoms with Crippen molar-refractivity contribution in [2.24, 2.45) is 0 Å². The van der Waals surface area contributed by atoms with Gasteiger partial charge in [0.1, 0.15) is 0 Å². The molecular formula is C6H13ClO2. The van der Waals surface area contributed by atoms with E-state index < -0.39 is 11.7 Å². The summed E-state index contributed by atoms with van der Waals surface area (Å²) in [5.74, 6) is 0. The second-order valence-electron chi connectivity index (χ2n) is 2.08. The number of hydrogen-bond acceptors (Lipinski definition) is 2. The van der Waals surface area contributed by atoms with Crippen LogP contribution < -0.4 is 0 Å². The Morgan fingerprint density at radius 3 is 2.33 bits per heavy atom. The van der Waals surface area contributed by atoms with E-state index in [4.69, 9.17) is 21.8 Å². The van der Waals surface area contributed by atoms with Gasteiger partial charge in [-0.15, -0.1) is 0 Å². The molecule has 0 aromatic carbocycles. The SMILES string of the molecule is CCCCC(O)C(O)Cl. The van der Waals surface area contributed by atoms with Crippen LogP contribution >= 0.6 is 11.6 Å². The number of halogens is 1. The second-order valence-corrected chi connectivity index (χ2v) is 2.53. The van der Waals surface area contributed by atoms with Crippen molar-refractivity contribution in [3.63, 3.8) is 0 Å². The Kier molecular flexibility index (Phi) is 5.15. The van der Waals surface area contributed by atoms with Crippen LogP contribution in [0.1, 0.15) is 26.2 Å². The highest BCUT2D eigenvalue weighted by atomic mass is 35.5. The van der Waals surface area contributed by atoms with Crippen LogP contribution in [0.3, 0.4) is 0 Å². The Bertz CT molecular complexity index is 66.1. The molecule has 0 aliphatic rings. The van der Waals surface area contributed by atoms with Crippen LogP contribution in [0, 0.1) is 0 Å². The summed E-state index contributed by atoms with van der Waals surface area (Å²) in [5.41, 5.74) is -1.10. The van der Waals surface area contributed by atoms with E-state index in [0.29, 0.717) is 6.42 Å². The molecule has 0 aromatic heterocycles. The number of hydrogen-bond donors (Lipinski definition) is 2. The highest BCUT2D eigenvalue weighted by Crippen LogP contribution is 2.06. The van der Waals surface area contributed by atoms with Gasteiger partial charge in [0.15, 0.2) is 5.56 Å². The van der Waals surface area contributed by atoms with Crippen LogP contribution in [0.25, 0.3) is 0 Å². The normalized spacial score (nSPS) is 17.3. The second kappa shape index (κ2) is 5.03. The number of aliphatic hydroxyl groups excluding tert-OH is 2. The number of aliphatic hydroxyl groups is 2. The molecular weight excluding hydrogens is 140 g/mol. The lowest BCUT2D eigenvalue weighted by Gasteiger charge is -2.09. The van der Waals surface area contributed by atoms with Crippen LogP contribution in [-0.2, 0) is 0 Å². The molecule has 0 aliphatic heterocycles. The molecule has 0 heterocycles. The Hall–Kier alpha value is 0.210. The minimum absolute atomic E-state index is 0.584. The highest BCUT2D eigenvalue weighted by molar-refractivity contribution is 6.19. The largest absolute Gasteiger partial charge is 0.389 e. The smallest absolute Gasteiger partial charge is 0.153 e. The first-order valence-electron chi connectivity index (χ1n) is 3.18. The average molecular weight is 153 g/mol. The van der Waals surface area contributed by atoms with Crippen LogP contribution in [0.2, 0.25) is 0 Å². The number of unbranched alkanes of at least 4 members (excludes halogenated alkanes) is 1. The van der Waals surface area contributed by atoms with Gasteiger partial charge in [-0.2, -0.15) is 0 Å². The highest BCUT2D eigenvalue weighted by Gasteiger charge is 2.10. The van der Waals surface area contributed by atoms with E-state index in [1.165, 1.54) is 0 Å². The summed E-state index contributed by atoms with van der Waals surface area (Å²) in [7, 11) is 0. The number of rotatable bonds is 4. The Labute approximate surface area is 60.5 Å². The van der Waals surface area contributed by atoms with Crippen molar-refractivity contribution < 1.29 is 10.2 Å². The zero-order chi connectivity index (χ0) is 7.28. The molecule has 2 nitrogen and oxygen atoms in total. The topological polar surface area (TPSA) is 40.5 Å². The van der Waals surface area contributed by atoms with Crippen molar-refractivity contribution in [2.45, 2.75) is 37.9 Å². The van der Waals surface area contributed by atoms with Crippen molar-refractivity contribution >= 4 is 11.6 Å². The van der Waals surface area contributed by atoms with Crippen molar-refractivity contribution in [3.05, 3.63) is 0 Å². The molecule has 0 aliphatic carbocycles. The lowest BCUT2D eigenvalue weighted by Crippen LogP contribution is -2.19. The predicted molar refractivity (Wildman–Crippen MR) is 37.4 cm³/mol. The summed E-state index contributed by atoms with van der Waals surface area (Å²) in [6.45, 7) is 2.02. The zero-order valence-electron chi connectivity index (χ0n) is 5.55. The van der Waals surface area contributed by atoms with E-state index in [1.807, 2.05) is 6.92 Å². The average Bonchev–Trinajstić information content (AvgIpc) is 1.82. The molecule has 0 rings (SSSR count). The predicted octanol–water partition coefficient (Wildman–Crippen LogP) is 1.09. The van der Waals surface area contributed by atoms with Gasteiger partial charge in [-0.3, -0.25) is 0 Å².